The van der Waals surface area contributed by atoms with Crippen molar-refractivity contribution in [2.75, 3.05) is 31.9 Å². The second kappa shape index (κ2) is 12.0. The lowest BCUT2D eigenvalue weighted by Crippen LogP contribution is -2.48. The minimum Gasteiger partial charge on any atom is -0.405 e. The quantitative estimate of drug-likeness (QED) is 0.394. The molecule has 41 heavy (non-hydrogen) atoms. The molecule has 1 aliphatic rings. The van der Waals surface area contributed by atoms with Gasteiger partial charge in [0.05, 0.1) is 33.1 Å². The van der Waals surface area contributed by atoms with Gasteiger partial charge in [-0.1, -0.05) is 30.1 Å². The zero-order valence-corrected chi connectivity index (χ0v) is 24.8. The van der Waals surface area contributed by atoms with E-state index < -0.39 is 39.7 Å². The van der Waals surface area contributed by atoms with Gasteiger partial charge in [0, 0.05) is 49.4 Å². The van der Waals surface area contributed by atoms with Gasteiger partial charge < -0.3 is 9.72 Å². The van der Waals surface area contributed by atoms with Crippen molar-refractivity contribution in [3.8, 4) is 5.75 Å². The van der Waals surface area contributed by atoms with Crippen LogP contribution in [0.5, 0.6) is 5.75 Å². The van der Waals surface area contributed by atoms with Gasteiger partial charge in [-0.05, 0) is 43.7 Å². The molecule has 1 saturated heterocycles. The van der Waals surface area contributed by atoms with Crippen LogP contribution in [0.1, 0.15) is 31.9 Å². The molecule has 9 nitrogen and oxygen atoms in total. The maximum atomic E-state index is 13.5. The molecule has 1 aromatic heterocycles. The van der Waals surface area contributed by atoms with Crippen LogP contribution in [0.4, 0.5) is 13.2 Å². The van der Waals surface area contributed by atoms with E-state index >= 15 is 0 Å². The van der Waals surface area contributed by atoms with Crippen molar-refractivity contribution < 1.29 is 26.3 Å². The van der Waals surface area contributed by atoms with E-state index in [0.717, 1.165) is 6.07 Å². The Morgan fingerprint density at radius 1 is 1.05 bits per heavy atom. The van der Waals surface area contributed by atoms with Crippen molar-refractivity contribution in [1.82, 2.24) is 19.4 Å². The van der Waals surface area contributed by atoms with Gasteiger partial charge in [-0.2, -0.15) is 0 Å². The molecule has 3 aromatic rings. The summed E-state index contributed by atoms with van der Waals surface area (Å²) >= 11 is 12.6. The van der Waals surface area contributed by atoms with E-state index in [9.17, 15) is 31.2 Å². The van der Waals surface area contributed by atoms with E-state index in [-0.39, 0.29) is 49.3 Å². The molecule has 1 fully saturated rings. The van der Waals surface area contributed by atoms with Crippen LogP contribution >= 0.6 is 23.2 Å². The molecule has 0 unspecified atom stereocenters. The van der Waals surface area contributed by atoms with Crippen molar-refractivity contribution >= 4 is 43.9 Å². The lowest BCUT2D eigenvalue weighted by Gasteiger charge is -2.37. The largest absolute Gasteiger partial charge is 0.573 e. The Morgan fingerprint density at radius 3 is 2.29 bits per heavy atom. The first kappa shape index (κ1) is 31.4. The number of hydrogen-bond donors (Lipinski definition) is 1. The van der Waals surface area contributed by atoms with Crippen LogP contribution in [0, 0.1) is 0 Å². The molecular weight excluding hydrogens is 608 g/mol. The van der Waals surface area contributed by atoms with E-state index in [1.165, 1.54) is 25.1 Å². The Kier molecular flexibility index (Phi) is 9.15. The van der Waals surface area contributed by atoms with Crippen molar-refractivity contribution in [2.45, 2.75) is 51.2 Å². The highest BCUT2D eigenvalue weighted by atomic mass is 35.5. The summed E-state index contributed by atoms with van der Waals surface area (Å²) in [7, 11) is -3.76. The molecule has 0 spiro atoms. The first-order chi connectivity index (χ1) is 19.1. The standard InChI is InChI=1S/C26H29Cl2F3N4O5S/c1-4-41(38,39)21-6-5-17(27)11-16(21)13-35-24(36)18-12-20(40-26(29,30)31)19(22(28)23(18)32-25(35)37)14-33-7-9-34(10-8-33)15(2)3/h5-6,11-12,15H,4,7-10,13-14H2,1-3H3,(H,32,37). The number of piperazine rings is 1. The highest BCUT2D eigenvalue weighted by Gasteiger charge is 2.34. The highest BCUT2D eigenvalue weighted by Crippen LogP contribution is 2.36. The summed E-state index contributed by atoms with van der Waals surface area (Å²) in [5.74, 6) is -0.901. The summed E-state index contributed by atoms with van der Waals surface area (Å²) in [5, 5.41) is -0.404. The van der Waals surface area contributed by atoms with Gasteiger partial charge >= 0.3 is 12.1 Å². The number of ether oxygens (including phenoxy) is 1. The highest BCUT2D eigenvalue weighted by molar-refractivity contribution is 7.91. The van der Waals surface area contributed by atoms with E-state index in [1.54, 1.807) is 0 Å². The van der Waals surface area contributed by atoms with Gasteiger partial charge in [0.25, 0.3) is 5.56 Å². The monoisotopic (exact) mass is 636 g/mol. The number of hydrogen-bond acceptors (Lipinski definition) is 7. The van der Waals surface area contributed by atoms with E-state index in [4.69, 9.17) is 23.2 Å². The van der Waals surface area contributed by atoms with Crippen LogP contribution in [0.25, 0.3) is 10.9 Å². The maximum Gasteiger partial charge on any atom is 0.573 e. The predicted octanol–water partition coefficient (Wildman–Crippen LogP) is 4.26. The van der Waals surface area contributed by atoms with Gasteiger partial charge in [0.1, 0.15) is 5.75 Å². The van der Waals surface area contributed by atoms with Gasteiger partial charge in [-0.15, -0.1) is 13.2 Å². The number of H-pyrrole nitrogens is 1. The fourth-order valence-electron chi connectivity index (χ4n) is 4.84. The smallest absolute Gasteiger partial charge is 0.405 e. The van der Waals surface area contributed by atoms with Crippen molar-refractivity contribution in [3.05, 3.63) is 66.3 Å². The number of fused-ring (bicyclic) bond motifs is 1. The average molecular weight is 638 g/mol. The maximum absolute atomic E-state index is 13.5. The molecule has 1 aliphatic heterocycles. The first-order valence-corrected chi connectivity index (χ1v) is 15.2. The molecule has 0 bridgehead atoms. The number of sulfone groups is 1. The molecule has 0 radical (unpaired) electrons. The molecule has 15 heteroatoms. The predicted molar refractivity (Wildman–Crippen MR) is 151 cm³/mol. The number of nitrogens with zero attached hydrogens (tertiary/aromatic N) is 3. The van der Waals surface area contributed by atoms with Crippen LogP contribution in [0.2, 0.25) is 10.0 Å². The minimum absolute atomic E-state index is 0.00200. The summed E-state index contributed by atoms with van der Waals surface area (Å²) < 4.78 is 70.5. The summed E-state index contributed by atoms with van der Waals surface area (Å²) in [6.07, 6.45) is -5.08. The molecule has 4 rings (SSSR count). The van der Waals surface area contributed by atoms with E-state index in [1.807, 2.05) is 4.90 Å². The van der Waals surface area contributed by atoms with Gasteiger partial charge in [-0.25, -0.2) is 13.2 Å². The van der Waals surface area contributed by atoms with Crippen LogP contribution in [-0.4, -0.2) is 72.1 Å². The molecule has 0 atom stereocenters. The Balaban J connectivity index is 1.82. The van der Waals surface area contributed by atoms with Gasteiger partial charge in [0.15, 0.2) is 9.84 Å². The third-order valence-corrected chi connectivity index (χ3v) is 9.57. The van der Waals surface area contributed by atoms with E-state index in [0.29, 0.717) is 36.8 Å². The number of benzene rings is 2. The number of halogens is 5. The fraction of sp³-hybridized carbons (Fsp3) is 0.462. The number of alkyl halides is 3. The lowest BCUT2D eigenvalue weighted by atomic mass is 10.1. The molecule has 1 N–H and O–H groups in total. The van der Waals surface area contributed by atoms with E-state index in [2.05, 4.69) is 28.5 Å². The second-order valence-electron chi connectivity index (χ2n) is 10.0. The summed E-state index contributed by atoms with van der Waals surface area (Å²) in [5.41, 5.74) is -2.00. The second-order valence-corrected chi connectivity index (χ2v) is 13.1. The normalized spacial score (nSPS) is 15.6. The minimum atomic E-state index is -5.08. The Labute approximate surface area is 244 Å². The van der Waals surface area contributed by atoms with Gasteiger partial charge in [-0.3, -0.25) is 19.2 Å². The number of aromatic nitrogens is 2. The molecule has 2 heterocycles. The molecule has 0 amide bonds. The van der Waals surface area contributed by atoms with Gasteiger partial charge in [0.2, 0.25) is 0 Å². The average Bonchev–Trinajstić information content (AvgIpc) is 2.89. The molecule has 2 aromatic carbocycles. The Bertz CT molecular complexity index is 1680. The number of nitrogens with one attached hydrogen (secondary N) is 1. The van der Waals surface area contributed by atoms with Crippen LogP contribution in [-0.2, 0) is 22.9 Å². The molecular formula is C26H29Cl2F3N4O5S. The van der Waals surface area contributed by atoms with Crippen LogP contribution in [0.15, 0.2) is 38.8 Å². The SMILES string of the molecule is CCS(=O)(=O)c1ccc(Cl)cc1Cn1c(=O)[nH]c2c(Cl)c(CN3CCN(C(C)C)CC3)c(OC(F)(F)F)cc2c1=O. The fourth-order valence-corrected chi connectivity index (χ4v) is 6.45. The third-order valence-electron chi connectivity index (χ3n) is 7.09. The Morgan fingerprint density at radius 2 is 1.71 bits per heavy atom. The van der Waals surface area contributed by atoms with Crippen molar-refractivity contribution in [1.29, 1.82) is 0 Å². The summed E-state index contributed by atoms with van der Waals surface area (Å²) in [6.45, 7) is 7.60. The molecule has 0 aliphatic carbocycles. The lowest BCUT2D eigenvalue weighted by molar-refractivity contribution is -0.274. The third kappa shape index (κ3) is 6.91. The number of rotatable bonds is 8. The topological polar surface area (TPSA) is 105 Å². The van der Waals surface area contributed by atoms with Crippen molar-refractivity contribution in [3.63, 3.8) is 0 Å². The number of aromatic amines is 1. The Hall–Kier alpha value is -2.58. The molecule has 0 saturated carbocycles. The van der Waals surface area contributed by atoms with Crippen LogP contribution in [0.3, 0.4) is 0 Å². The zero-order valence-electron chi connectivity index (χ0n) is 22.5. The summed E-state index contributed by atoms with van der Waals surface area (Å²) in [6, 6.07) is 5.18. The molecule has 224 valence electrons. The van der Waals surface area contributed by atoms with Crippen LogP contribution < -0.4 is 16.0 Å². The first-order valence-electron chi connectivity index (χ1n) is 12.8. The van der Waals surface area contributed by atoms with Crippen molar-refractivity contribution in [2.24, 2.45) is 0 Å². The summed E-state index contributed by atoms with van der Waals surface area (Å²) in [4.78, 5) is 33.1. The zero-order chi connectivity index (χ0) is 30.3.